The van der Waals surface area contributed by atoms with Crippen LogP contribution in [0, 0.1) is 13.5 Å². The summed E-state index contributed by atoms with van der Waals surface area (Å²) >= 11 is 0. The summed E-state index contributed by atoms with van der Waals surface area (Å²) < 4.78 is 0. The van der Waals surface area contributed by atoms with E-state index in [-0.39, 0.29) is 5.78 Å². The van der Waals surface area contributed by atoms with Crippen LogP contribution in [0.4, 0.5) is 5.69 Å². The Balaban J connectivity index is 2.52. The van der Waals surface area contributed by atoms with E-state index in [0.29, 0.717) is 11.3 Å². The molecule has 2 heteroatoms. The second-order valence-electron chi connectivity index (χ2n) is 4.27. The van der Waals surface area contributed by atoms with E-state index in [1.807, 2.05) is 37.3 Å². The lowest BCUT2D eigenvalue weighted by atomic mass is 9.99. The zero-order valence-electron chi connectivity index (χ0n) is 10.4. The number of ketones is 1. The first-order valence-electron chi connectivity index (χ1n) is 5.71. The predicted octanol–water partition coefficient (Wildman–Crippen LogP) is 4.42. The summed E-state index contributed by atoms with van der Waals surface area (Å²) in [5.74, 6) is 0.0520. The van der Waals surface area contributed by atoms with E-state index in [0.717, 1.165) is 16.7 Å². The lowest BCUT2D eigenvalue weighted by Gasteiger charge is -2.06. The van der Waals surface area contributed by atoms with Crippen LogP contribution in [0.2, 0.25) is 0 Å². The molecule has 0 fully saturated rings. The minimum atomic E-state index is 0.0520. The van der Waals surface area contributed by atoms with Gasteiger partial charge in [-0.25, -0.2) is 4.85 Å². The Hall–Kier alpha value is -2.40. The Labute approximate surface area is 107 Å². The Morgan fingerprint density at radius 3 is 2.33 bits per heavy atom. The molecule has 0 aliphatic rings. The molecule has 88 valence electrons. The van der Waals surface area contributed by atoms with Crippen LogP contribution in [0.3, 0.4) is 0 Å². The van der Waals surface area contributed by atoms with Crippen LogP contribution < -0.4 is 0 Å². The number of rotatable bonds is 2. The quantitative estimate of drug-likeness (QED) is 0.558. The van der Waals surface area contributed by atoms with Gasteiger partial charge in [0.1, 0.15) is 0 Å². The number of carbonyl (C=O) groups is 1. The second-order valence-corrected chi connectivity index (χ2v) is 4.27. The molecule has 0 aliphatic carbocycles. The molecule has 18 heavy (non-hydrogen) atoms. The molecule has 0 spiro atoms. The third-order valence-electron chi connectivity index (χ3n) is 2.87. The molecule has 2 rings (SSSR count). The number of benzene rings is 2. The highest BCUT2D eigenvalue weighted by molar-refractivity contribution is 5.94. The average molecular weight is 235 g/mol. The maximum atomic E-state index is 11.2. The van der Waals surface area contributed by atoms with Gasteiger partial charge < -0.3 is 0 Å². The highest BCUT2D eigenvalue weighted by Crippen LogP contribution is 2.31. The van der Waals surface area contributed by atoms with Crippen LogP contribution in [-0.4, -0.2) is 5.78 Å². The standard InChI is InChI=1S/C16H13NO/c1-11-4-9-16(17-3)15(10-11)14-7-5-13(6-8-14)12(2)18/h4-10H,1-2H3. The van der Waals surface area contributed by atoms with Crippen molar-refractivity contribution >= 4 is 11.5 Å². The van der Waals surface area contributed by atoms with E-state index in [2.05, 4.69) is 4.85 Å². The van der Waals surface area contributed by atoms with Gasteiger partial charge in [0.05, 0.1) is 6.57 Å². The third-order valence-corrected chi connectivity index (χ3v) is 2.87. The van der Waals surface area contributed by atoms with E-state index in [1.165, 1.54) is 0 Å². The number of Topliss-reactive ketones (excluding diaryl/α,β-unsaturated/α-hetero) is 1. The van der Waals surface area contributed by atoms with Gasteiger partial charge in [0.25, 0.3) is 0 Å². The Morgan fingerprint density at radius 1 is 1.11 bits per heavy atom. The fourth-order valence-corrected chi connectivity index (χ4v) is 1.86. The minimum Gasteiger partial charge on any atom is -0.295 e. The molecule has 2 aromatic rings. The van der Waals surface area contributed by atoms with Crippen molar-refractivity contribution in [3.8, 4) is 11.1 Å². The first-order chi connectivity index (χ1) is 8.61. The van der Waals surface area contributed by atoms with Gasteiger partial charge in [-0.3, -0.25) is 4.79 Å². The predicted molar refractivity (Wildman–Crippen MR) is 72.9 cm³/mol. The number of hydrogen-bond donors (Lipinski definition) is 0. The van der Waals surface area contributed by atoms with Crippen molar-refractivity contribution in [2.24, 2.45) is 0 Å². The van der Waals surface area contributed by atoms with Gasteiger partial charge in [0.15, 0.2) is 11.5 Å². The van der Waals surface area contributed by atoms with Gasteiger partial charge >= 0.3 is 0 Å². The van der Waals surface area contributed by atoms with Crippen LogP contribution in [-0.2, 0) is 0 Å². The van der Waals surface area contributed by atoms with Crippen LogP contribution in [0.25, 0.3) is 16.0 Å². The molecule has 0 amide bonds. The lowest BCUT2D eigenvalue weighted by molar-refractivity contribution is 0.101. The summed E-state index contributed by atoms with van der Waals surface area (Å²) in [5.41, 5.74) is 4.33. The minimum absolute atomic E-state index is 0.0520. The number of nitrogens with zero attached hydrogens (tertiary/aromatic N) is 1. The molecular formula is C16H13NO. The zero-order valence-corrected chi connectivity index (χ0v) is 10.4. The topological polar surface area (TPSA) is 21.4 Å². The molecule has 2 aromatic carbocycles. The fourth-order valence-electron chi connectivity index (χ4n) is 1.86. The van der Waals surface area contributed by atoms with Gasteiger partial charge in [-0.15, -0.1) is 0 Å². The van der Waals surface area contributed by atoms with Gasteiger partial charge in [-0.05, 0) is 25.0 Å². The molecule has 0 radical (unpaired) electrons. The molecule has 0 atom stereocenters. The van der Waals surface area contributed by atoms with Crippen LogP contribution in [0.1, 0.15) is 22.8 Å². The van der Waals surface area contributed by atoms with Crippen molar-refractivity contribution < 1.29 is 4.79 Å². The van der Waals surface area contributed by atoms with E-state index in [9.17, 15) is 4.79 Å². The Morgan fingerprint density at radius 2 is 1.78 bits per heavy atom. The van der Waals surface area contributed by atoms with Crippen molar-refractivity contribution in [3.63, 3.8) is 0 Å². The second kappa shape index (κ2) is 4.85. The maximum absolute atomic E-state index is 11.2. The number of hydrogen-bond acceptors (Lipinski definition) is 1. The monoisotopic (exact) mass is 235 g/mol. The fraction of sp³-hybridized carbons (Fsp3) is 0.125. The molecule has 0 N–H and O–H groups in total. The van der Waals surface area contributed by atoms with E-state index < -0.39 is 0 Å². The molecule has 2 nitrogen and oxygen atoms in total. The summed E-state index contributed by atoms with van der Waals surface area (Å²) in [5, 5.41) is 0. The van der Waals surface area contributed by atoms with Crippen molar-refractivity contribution in [2.45, 2.75) is 13.8 Å². The molecule has 0 aromatic heterocycles. The van der Waals surface area contributed by atoms with Crippen LogP contribution in [0.15, 0.2) is 42.5 Å². The summed E-state index contributed by atoms with van der Waals surface area (Å²) in [6.45, 7) is 10.7. The third kappa shape index (κ3) is 2.31. The molecular weight excluding hydrogens is 222 g/mol. The molecule has 0 bridgehead atoms. The summed E-state index contributed by atoms with van der Waals surface area (Å²) in [4.78, 5) is 14.8. The van der Waals surface area contributed by atoms with Crippen molar-refractivity contribution in [2.75, 3.05) is 0 Å². The van der Waals surface area contributed by atoms with Crippen molar-refractivity contribution in [1.82, 2.24) is 0 Å². The van der Waals surface area contributed by atoms with Gasteiger partial charge in [-0.2, -0.15) is 0 Å². The van der Waals surface area contributed by atoms with Gasteiger partial charge in [0, 0.05) is 5.56 Å². The summed E-state index contributed by atoms with van der Waals surface area (Å²) in [6, 6.07) is 13.1. The first-order valence-corrected chi connectivity index (χ1v) is 5.71. The smallest absolute Gasteiger partial charge is 0.194 e. The van der Waals surface area contributed by atoms with Gasteiger partial charge in [-0.1, -0.05) is 48.0 Å². The highest BCUT2D eigenvalue weighted by Gasteiger charge is 2.06. The van der Waals surface area contributed by atoms with Crippen LogP contribution >= 0.6 is 0 Å². The lowest BCUT2D eigenvalue weighted by Crippen LogP contribution is -1.91. The average Bonchev–Trinajstić information content (AvgIpc) is 2.39. The molecule has 0 saturated heterocycles. The normalized spacial score (nSPS) is 9.83. The molecule has 0 saturated carbocycles. The van der Waals surface area contributed by atoms with Crippen LogP contribution in [0.5, 0.6) is 0 Å². The van der Waals surface area contributed by atoms with E-state index in [1.54, 1.807) is 19.1 Å². The van der Waals surface area contributed by atoms with Crippen molar-refractivity contribution in [1.29, 1.82) is 0 Å². The van der Waals surface area contributed by atoms with E-state index >= 15 is 0 Å². The van der Waals surface area contributed by atoms with E-state index in [4.69, 9.17) is 6.57 Å². The van der Waals surface area contributed by atoms with Crippen molar-refractivity contribution in [3.05, 3.63) is 65.0 Å². The molecule has 0 heterocycles. The van der Waals surface area contributed by atoms with Gasteiger partial charge in [0.2, 0.25) is 0 Å². The summed E-state index contributed by atoms with van der Waals surface area (Å²) in [7, 11) is 0. The largest absolute Gasteiger partial charge is 0.295 e. The first kappa shape index (κ1) is 12.1. The maximum Gasteiger partial charge on any atom is 0.194 e. The molecule has 0 unspecified atom stereocenters. The highest BCUT2D eigenvalue weighted by atomic mass is 16.1. The number of carbonyl (C=O) groups excluding carboxylic acids is 1. The molecule has 0 aliphatic heterocycles. The Bertz CT molecular complexity index is 633. The Kier molecular flexibility index (Phi) is 3.25. The number of aryl methyl sites for hydroxylation is 1. The summed E-state index contributed by atoms with van der Waals surface area (Å²) in [6.07, 6.45) is 0. The SMILES string of the molecule is [C-]#[N+]c1ccc(C)cc1-c1ccc(C(C)=O)cc1. The zero-order chi connectivity index (χ0) is 13.1.